The van der Waals surface area contributed by atoms with Gasteiger partial charge in [-0.05, 0) is 103 Å². The number of hydrogen-bond acceptors (Lipinski definition) is 4. The number of esters is 2. The summed E-state index contributed by atoms with van der Waals surface area (Å²) < 4.78 is 11.9. The maximum absolute atomic E-state index is 12.9. The minimum absolute atomic E-state index is 0.0692. The van der Waals surface area contributed by atoms with E-state index in [4.69, 9.17) is 9.47 Å². The topological polar surface area (TPSA) is 52.6 Å². The molecule has 0 spiro atoms. The van der Waals surface area contributed by atoms with Gasteiger partial charge in [0.05, 0.1) is 11.8 Å². The van der Waals surface area contributed by atoms with Crippen LogP contribution in [-0.4, -0.2) is 23.1 Å². The zero-order valence-corrected chi connectivity index (χ0v) is 20.8. The van der Waals surface area contributed by atoms with Crippen LogP contribution in [0.4, 0.5) is 0 Å². The lowest BCUT2D eigenvalue weighted by Crippen LogP contribution is -2.43. The van der Waals surface area contributed by atoms with Gasteiger partial charge in [-0.15, -0.1) is 0 Å². The van der Waals surface area contributed by atoms with Crippen molar-refractivity contribution in [2.24, 2.45) is 29.1 Å². The fraction of sp³-hybridized carbons (Fsp3) is 0.923. The smallest absolute Gasteiger partial charge is 0.312 e. The quantitative estimate of drug-likeness (QED) is 0.428. The third-order valence-corrected chi connectivity index (χ3v) is 7.90. The lowest BCUT2D eigenvalue weighted by molar-refractivity contribution is -0.180. The Hall–Kier alpha value is -1.06. The van der Waals surface area contributed by atoms with E-state index in [-0.39, 0.29) is 18.4 Å². The Morgan fingerprint density at radius 2 is 1.17 bits per heavy atom. The van der Waals surface area contributed by atoms with Gasteiger partial charge >= 0.3 is 11.9 Å². The SMILES string of the molecule is CC(C)C1CCC(C)(OC(=O)CC(C)(C)C(=O)OC2(C)CCC(C(C)C)CC2)CC1. The molecule has 2 saturated carbocycles. The molecule has 0 N–H and O–H groups in total. The summed E-state index contributed by atoms with van der Waals surface area (Å²) in [6, 6.07) is 0. The molecule has 0 bridgehead atoms. The Kier molecular flexibility index (Phi) is 8.07. The third kappa shape index (κ3) is 6.72. The summed E-state index contributed by atoms with van der Waals surface area (Å²) in [6.45, 7) is 16.8. The summed E-state index contributed by atoms with van der Waals surface area (Å²) in [5.74, 6) is 2.22. The van der Waals surface area contributed by atoms with E-state index >= 15 is 0 Å². The second kappa shape index (κ2) is 9.61. The van der Waals surface area contributed by atoms with E-state index in [0.29, 0.717) is 17.8 Å². The van der Waals surface area contributed by atoms with E-state index in [1.807, 2.05) is 13.8 Å². The van der Waals surface area contributed by atoms with Gasteiger partial charge in [0.25, 0.3) is 0 Å². The van der Waals surface area contributed by atoms with Crippen molar-refractivity contribution in [2.45, 2.75) is 124 Å². The van der Waals surface area contributed by atoms with Gasteiger partial charge in [0.2, 0.25) is 0 Å². The average Bonchev–Trinajstić information content (AvgIpc) is 2.61. The van der Waals surface area contributed by atoms with Crippen LogP contribution in [0.2, 0.25) is 0 Å². The first-order valence-electron chi connectivity index (χ1n) is 12.2. The number of ether oxygens (including phenoxy) is 2. The van der Waals surface area contributed by atoms with Gasteiger partial charge < -0.3 is 9.47 Å². The highest BCUT2D eigenvalue weighted by Gasteiger charge is 2.42. The lowest BCUT2D eigenvalue weighted by Gasteiger charge is -2.40. The van der Waals surface area contributed by atoms with Crippen LogP contribution in [0.3, 0.4) is 0 Å². The first-order chi connectivity index (χ1) is 13.8. The largest absolute Gasteiger partial charge is 0.459 e. The van der Waals surface area contributed by atoms with Gasteiger partial charge in [-0.1, -0.05) is 27.7 Å². The maximum atomic E-state index is 12.9. The first kappa shape index (κ1) is 25.2. The van der Waals surface area contributed by atoms with Crippen LogP contribution in [0.5, 0.6) is 0 Å². The maximum Gasteiger partial charge on any atom is 0.312 e. The van der Waals surface area contributed by atoms with E-state index in [9.17, 15) is 9.59 Å². The Morgan fingerprint density at radius 3 is 1.53 bits per heavy atom. The van der Waals surface area contributed by atoms with Crippen LogP contribution in [0.15, 0.2) is 0 Å². The molecule has 0 saturated heterocycles. The standard InChI is InChI=1S/C26H46O4/c1-18(2)20-9-13-25(7,14-10-20)29-22(27)17-24(5,6)23(28)30-26(8)15-11-21(12-16-26)19(3)4/h18-21H,9-17H2,1-8H3. The van der Waals surface area contributed by atoms with Crippen LogP contribution in [0.25, 0.3) is 0 Å². The van der Waals surface area contributed by atoms with Crippen LogP contribution >= 0.6 is 0 Å². The molecule has 4 nitrogen and oxygen atoms in total. The van der Waals surface area contributed by atoms with Gasteiger partial charge in [0.15, 0.2) is 0 Å². The second-order valence-electron chi connectivity index (χ2n) is 12.0. The van der Waals surface area contributed by atoms with Gasteiger partial charge in [-0.3, -0.25) is 9.59 Å². The number of carbonyl (C=O) groups excluding carboxylic acids is 2. The van der Waals surface area contributed by atoms with Gasteiger partial charge in [0, 0.05) is 0 Å². The average molecular weight is 423 g/mol. The van der Waals surface area contributed by atoms with E-state index < -0.39 is 16.6 Å². The second-order valence-corrected chi connectivity index (χ2v) is 12.0. The van der Waals surface area contributed by atoms with Crippen molar-refractivity contribution in [3.8, 4) is 0 Å². The predicted molar refractivity (Wildman–Crippen MR) is 121 cm³/mol. The molecule has 2 aliphatic carbocycles. The highest BCUT2D eigenvalue weighted by molar-refractivity contribution is 5.83. The van der Waals surface area contributed by atoms with Gasteiger partial charge in [-0.25, -0.2) is 0 Å². The Morgan fingerprint density at radius 1 is 0.800 bits per heavy atom. The molecule has 0 atom stereocenters. The van der Waals surface area contributed by atoms with Crippen molar-refractivity contribution >= 4 is 11.9 Å². The van der Waals surface area contributed by atoms with Crippen molar-refractivity contribution in [1.82, 2.24) is 0 Å². The first-order valence-corrected chi connectivity index (χ1v) is 12.2. The van der Waals surface area contributed by atoms with E-state index in [1.54, 1.807) is 13.8 Å². The Labute approximate surface area is 184 Å². The van der Waals surface area contributed by atoms with Crippen molar-refractivity contribution in [1.29, 1.82) is 0 Å². The molecule has 0 aromatic carbocycles. The molecular formula is C26H46O4. The van der Waals surface area contributed by atoms with Crippen LogP contribution < -0.4 is 0 Å². The number of rotatable bonds is 7. The van der Waals surface area contributed by atoms with Gasteiger partial charge in [-0.2, -0.15) is 0 Å². The molecule has 174 valence electrons. The minimum Gasteiger partial charge on any atom is -0.459 e. The molecule has 0 radical (unpaired) electrons. The number of hydrogen-bond donors (Lipinski definition) is 0. The van der Waals surface area contributed by atoms with E-state index in [0.717, 1.165) is 57.3 Å². The lowest BCUT2D eigenvalue weighted by atomic mass is 9.75. The summed E-state index contributed by atoms with van der Waals surface area (Å²) in [4.78, 5) is 25.7. The summed E-state index contributed by atoms with van der Waals surface area (Å²) in [5, 5.41) is 0. The van der Waals surface area contributed by atoms with Crippen LogP contribution in [0, 0.1) is 29.1 Å². The van der Waals surface area contributed by atoms with Crippen molar-refractivity contribution < 1.29 is 19.1 Å². The molecule has 0 aromatic heterocycles. The van der Waals surface area contributed by atoms with E-state index in [2.05, 4.69) is 27.7 Å². The van der Waals surface area contributed by atoms with Crippen LogP contribution in [-0.2, 0) is 19.1 Å². The fourth-order valence-corrected chi connectivity index (χ4v) is 5.14. The summed E-state index contributed by atoms with van der Waals surface area (Å²) >= 11 is 0. The molecular weight excluding hydrogens is 376 g/mol. The van der Waals surface area contributed by atoms with Gasteiger partial charge in [0.1, 0.15) is 11.2 Å². The molecule has 2 fully saturated rings. The van der Waals surface area contributed by atoms with Crippen molar-refractivity contribution in [3.05, 3.63) is 0 Å². The molecule has 0 amide bonds. The molecule has 0 heterocycles. The predicted octanol–water partition coefficient (Wildman–Crippen LogP) is 6.70. The van der Waals surface area contributed by atoms with E-state index in [1.165, 1.54) is 0 Å². The summed E-state index contributed by atoms with van der Waals surface area (Å²) in [5.41, 5.74) is -1.69. The molecule has 0 aliphatic heterocycles. The summed E-state index contributed by atoms with van der Waals surface area (Å²) in [7, 11) is 0. The fourth-order valence-electron chi connectivity index (χ4n) is 5.14. The molecule has 0 aromatic rings. The number of carbonyl (C=O) groups is 2. The molecule has 2 rings (SSSR count). The highest BCUT2D eigenvalue weighted by atomic mass is 16.6. The Balaban J connectivity index is 1.86. The zero-order chi connectivity index (χ0) is 22.7. The molecule has 4 heteroatoms. The summed E-state index contributed by atoms with van der Waals surface area (Å²) in [6.07, 6.45) is 8.07. The highest BCUT2D eigenvalue weighted by Crippen LogP contribution is 2.41. The van der Waals surface area contributed by atoms with Crippen LogP contribution in [0.1, 0.15) is 113 Å². The van der Waals surface area contributed by atoms with Crippen molar-refractivity contribution in [2.75, 3.05) is 0 Å². The molecule has 30 heavy (non-hydrogen) atoms. The molecule has 0 unspecified atom stereocenters. The normalized spacial score (nSPS) is 32.9. The molecule has 2 aliphatic rings. The van der Waals surface area contributed by atoms with Crippen molar-refractivity contribution in [3.63, 3.8) is 0 Å². The monoisotopic (exact) mass is 422 g/mol. The zero-order valence-electron chi connectivity index (χ0n) is 20.8. The minimum atomic E-state index is -0.875. The Bertz CT molecular complexity index is 588. The third-order valence-electron chi connectivity index (χ3n) is 7.90.